The van der Waals surface area contributed by atoms with Gasteiger partial charge in [-0.25, -0.2) is 0 Å². The maximum absolute atomic E-state index is 12.8. The van der Waals surface area contributed by atoms with Crippen molar-refractivity contribution in [2.45, 2.75) is 66.0 Å². The maximum Gasteiger partial charge on any atom is 0.236 e. The zero-order valence-corrected chi connectivity index (χ0v) is 20.3. The quantitative estimate of drug-likeness (QED) is 0.632. The van der Waals surface area contributed by atoms with Gasteiger partial charge in [-0.3, -0.25) is 14.5 Å². The zero-order valence-electron chi connectivity index (χ0n) is 20.3. The number of benzene rings is 1. The molecule has 0 radical (unpaired) electrons. The van der Waals surface area contributed by atoms with E-state index in [1.54, 1.807) is 0 Å². The summed E-state index contributed by atoms with van der Waals surface area (Å²) in [6.45, 7) is 16.0. The van der Waals surface area contributed by atoms with Crippen LogP contribution in [0.1, 0.15) is 65.1 Å². The molecule has 1 aromatic rings. The van der Waals surface area contributed by atoms with Crippen LogP contribution in [0.4, 0.5) is 0 Å². The van der Waals surface area contributed by atoms with Crippen LogP contribution in [0.3, 0.4) is 0 Å². The molecule has 0 spiro atoms. The molecular weight excluding hydrogens is 388 g/mol. The molecule has 6 heteroatoms. The number of hydrogen-bond acceptors (Lipinski definition) is 4. The van der Waals surface area contributed by atoms with Crippen LogP contribution in [-0.2, 0) is 16.0 Å². The second-order valence-corrected chi connectivity index (χ2v) is 10.0. The van der Waals surface area contributed by atoms with E-state index in [1.165, 1.54) is 11.1 Å². The van der Waals surface area contributed by atoms with E-state index in [0.717, 1.165) is 25.9 Å². The number of piperazine rings is 1. The fourth-order valence-electron chi connectivity index (χ4n) is 4.04. The summed E-state index contributed by atoms with van der Waals surface area (Å²) in [6, 6.07) is 8.93. The molecule has 31 heavy (non-hydrogen) atoms. The summed E-state index contributed by atoms with van der Waals surface area (Å²) >= 11 is 0. The third-order valence-electron chi connectivity index (χ3n) is 5.62. The lowest BCUT2D eigenvalue weighted by atomic mass is 9.94. The Hall–Kier alpha value is -1.92. The highest BCUT2D eigenvalue weighted by molar-refractivity contribution is 5.79. The zero-order chi connectivity index (χ0) is 23.0. The van der Waals surface area contributed by atoms with Crippen LogP contribution in [0.25, 0.3) is 0 Å². The first-order chi connectivity index (χ1) is 14.6. The average Bonchev–Trinajstić information content (AvgIpc) is 2.68. The Morgan fingerprint density at radius 3 is 2.16 bits per heavy atom. The van der Waals surface area contributed by atoms with E-state index < -0.39 is 0 Å². The summed E-state index contributed by atoms with van der Waals surface area (Å²) in [5.41, 5.74) is 2.38. The van der Waals surface area contributed by atoms with Crippen molar-refractivity contribution in [3.63, 3.8) is 0 Å². The lowest BCUT2D eigenvalue weighted by Gasteiger charge is -2.35. The van der Waals surface area contributed by atoms with E-state index in [-0.39, 0.29) is 23.4 Å². The molecule has 6 nitrogen and oxygen atoms in total. The smallest absolute Gasteiger partial charge is 0.236 e. The summed E-state index contributed by atoms with van der Waals surface area (Å²) in [5, 5.41) is 6.48. The molecule has 2 N–H and O–H groups in total. The lowest BCUT2D eigenvalue weighted by Crippen LogP contribution is -2.54. The number of nitrogens with one attached hydrogen (secondary N) is 2. The molecule has 1 aliphatic heterocycles. The van der Waals surface area contributed by atoms with Crippen LogP contribution in [0.2, 0.25) is 0 Å². The van der Waals surface area contributed by atoms with Crippen molar-refractivity contribution in [2.24, 2.45) is 5.92 Å². The molecule has 0 aliphatic carbocycles. The van der Waals surface area contributed by atoms with Gasteiger partial charge in [-0.2, -0.15) is 0 Å². The van der Waals surface area contributed by atoms with Crippen molar-refractivity contribution in [1.29, 1.82) is 0 Å². The van der Waals surface area contributed by atoms with Crippen LogP contribution < -0.4 is 10.6 Å². The molecule has 2 rings (SSSR count). The second-order valence-electron chi connectivity index (χ2n) is 10.0. The molecule has 1 fully saturated rings. The lowest BCUT2D eigenvalue weighted by molar-refractivity contribution is -0.132. The summed E-state index contributed by atoms with van der Waals surface area (Å²) in [6.07, 6.45) is 2.25. The molecule has 1 aromatic carbocycles. The molecule has 0 aromatic heterocycles. The van der Waals surface area contributed by atoms with Gasteiger partial charge in [-0.05, 0) is 44.2 Å². The fraction of sp³-hybridized carbons (Fsp3) is 0.680. The van der Waals surface area contributed by atoms with Gasteiger partial charge in [0.2, 0.25) is 11.8 Å². The van der Waals surface area contributed by atoms with Crippen molar-refractivity contribution < 1.29 is 9.59 Å². The first kappa shape index (κ1) is 25.3. The number of amides is 2. The van der Waals surface area contributed by atoms with Gasteiger partial charge in [0.1, 0.15) is 0 Å². The molecule has 0 saturated carbocycles. The van der Waals surface area contributed by atoms with Gasteiger partial charge in [-0.15, -0.1) is 0 Å². The third kappa shape index (κ3) is 8.62. The standard InChI is InChI=1S/C25H42N4O2/c1-7-8-20-9-11-21(12-10-20)24(19(2)3)26-17-23(31)29-15-13-28(14-16-29)18-22(30)27-25(4,5)6/h9-12,19,24,26H,7-8,13-18H2,1-6H3,(H,27,30)/t24-/m1/s1. The summed E-state index contributed by atoms with van der Waals surface area (Å²) in [5.74, 6) is 0.564. The number of carbonyl (C=O) groups excluding carboxylic acids is 2. The second kappa shape index (κ2) is 11.6. The van der Waals surface area contributed by atoms with E-state index in [9.17, 15) is 9.59 Å². The molecule has 174 valence electrons. The normalized spacial score (nSPS) is 16.4. The largest absolute Gasteiger partial charge is 0.350 e. The Bertz CT molecular complexity index is 701. The molecule has 1 saturated heterocycles. The minimum absolute atomic E-state index is 0.0404. The SMILES string of the molecule is CCCc1ccc([C@H](NCC(=O)N2CCN(CC(=O)NC(C)(C)C)CC2)C(C)C)cc1. The van der Waals surface area contributed by atoms with Crippen LogP contribution in [0, 0.1) is 5.92 Å². The highest BCUT2D eigenvalue weighted by Crippen LogP contribution is 2.22. The van der Waals surface area contributed by atoms with Crippen molar-refractivity contribution >= 4 is 11.8 Å². The van der Waals surface area contributed by atoms with Gasteiger partial charge in [0, 0.05) is 37.8 Å². The predicted molar refractivity (Wildman–Crippen MR) is 127 cm³/mol. The van der Waals surface area contributed by atoms with Crippen molar-refractivity contribution in [3.8, 4) is 0 Å². The first-order valence-electron chi connectivity index (χ1n) is 11.7. The van der Waals surface area contributed by atoms with Crippen molar-refractivity contribution in [3.05, 3.63) is 35.4 Å². The monoisotopic (exact) mass is 430 g/mol. The van der Waals surface area contributed by atoms with Crippen molar-refractivity contribution in [2.75, 3.05) is 39.3 Å². The topological polar surface area (TPSA) is 64.7 Å². The van der Waals surface area contributed by atoms with E-state index in [4.69, 9.17) is 0 Å². The van der Waals surface area contributed by atoms with Gasteiger partial charge in [-0.1, -0.05) is 51.5 Å². The van der Waals surface area contributed by atoms with E-state index >= 15 is 0 Å². The van der Waals surface area contributed by atoms with Gasteiger partial charge in [0.05, 0.1) is 13.1 Å². The van der Waals surface area contributed by atoms with Gasteiger partial charge in [0.25, 0.3) is 0 Å². The molecule has 1 atom stereocenters. The number of nitrogens with zero attached hydrogens (tertiary/aromatic N) is 2. The Balaban J connectivity index is 1.81. The Labute approximate surface area is 188 Å². The predicted octanol–water partition coefficient (Wildman–Crippen LogP) is 2.98. The number of rotatable bonds is 9. The third-order valence-corrected chi connectivity index (χ3v) is 5.62. The average molecular weight is 431 g/mol. The Morgan fingerprint density at radius 2 is 1.65 bits per heavy atom. The summed E-state index contributed by atoms with van der Waals surface area (Å²) in [4.78, 5) is 28.9. The molecular formula is C25H42N4O2. The Kier molecular flexibility index (Phi) is 9.51. The van der Waals surface area contributed by atoms with Gasteiger partial charge in [0.15, 0.2) is 0 Å². The highest BCUT2D eigenvalue weighted by Gasteiger charge is 2.24. The molecule has 1 aliphatic rings. The number of aryl methyl sites for hydroxylation is 1. The highest BCUT2D eigenvalue weighted by atomic mass is 16.2. The van der Waals surface area contributed by atoms with Crippen molar-refractivity contribution in [1.82, 2.24) is 20.4 Å². The summed E-state index contributed by atoms with van der Waals surface area (Å²) in [7, 11) is 0. The van der Waals surface area contributed by atoms with E-state index in [2.05, 4.69) is 60.6 Å². The molecule has 2 amide bonds. The minimum Gasteiger partial charge on any atom is -0.350 e. The number of hydrogen-bond donors (Lipinski definition) is 2. The van der Waals surface area contributed by atoms with E-state index in [0.29, 0.717) is 32.1 Å². The first-order valence-corrected chi connectivity index (χ1v) is 11.7. The van der Waals surface area contributed by atoms with E-state index in [1.807, 2.05) is 25.7 Å². The molecule has 0 bridgehead atoms. The van der Waals surface area contributed by atoms with Crippen LogP contribution >= 0.6 is 0 Å². The van der Waals surface area contributed by atoms with Crippen LogP contribution in [0.15, 0.2) is 24.3 Å². The fourth-order valence-corrected chi connectivity index (χ4v) is 4.04. The summed E-state index contributed by atoms with van der Waals surface area (Å²) < 4.78 is 0. The number of carbonyl (C=O) groups is 2. The Morgan fingerprint density at radius 1 is 1.03 bits per heavy atom. The molecule has 1 heterocycles. The maximum atomic E-state index is 12.8. The van der Waals surface area contributed by atoms with Gasteiger partial charge < -0.3 is 15.5 Å². The van der Waals surface area contributed by atoms with Crippen LogP contribution in [0.5, 0.6) is 0 Å². The van der Waals surface area contributed by atoms with Gasteiger partial charge >= 0.3 is 0 Å². The minimum atomic E-state index is -0.218. The molecule has 0 unspecified atom stereocenters. The van der Waals surface area contributed by atoms with Crippen LogP contribution in [-0.4, -0.2) is 66.4 Å².